The van der Waals surface area contributed by atoms with Gasteiger partial charge in [0.1, 0.15) is 5.82 Å². The van der Waals surface area contributed by atoms with Crippen LogP contribution in [0.4, 0.5) is 4.39 Å². The summed E-state index contributed by atoms with van der Waals surface area (Å²) in [6.45, 7) is 5.96. The van der Waals surface area contributed by atoms with Gasteiger partial charge in [-0.2, -0.15) is 0 Å². The third kappa shape index (κ3) is 4.74. The normalized spacial score (nSPS) is 24.2. The van der Waals surface area contributed by atoms with E-state index in [1.807, 2.05) is 32.9 Å². The van der Waals surface area contributed by atoms with Gasteiger partial charge in [-0.3, -0.25) is 11.1 Å². The van der Waals surface area contributed by atoms with Crippen molar-refractivity contribution in [2.24, 2.45) is 5.73 Å². The molecule has 3 unspecified atom stereocenters. The Bertz CT molecular complexity index is 432. The summed E-state index contributed by atoms with van der Waals surface area (Å²) in [5, 5.41) is 3.78. The summed E-state index contributed by atoms with van der Waals surface area (Å²) in [6.07, 6.45) is 1.79. The Morgan fingerprint density at radius 1 is 1.30 bits per heavy atom. The maximum Gasteiger partial charge on any atom is 0.161 e. The number of thioether (sulfide) groups is 1. The summed E-state index contributed by atoms with van der Waals surface area (Å²) >= 11 is 1.77. The van der Waals surface area contributed by atoms with Crippen LogP contribution in [0.3, 0.4) is 0 Å². The van der Waals surface area contributed by atoms with E-state index in [1.165, 1.54) is 12.1 Å². The molecule has 1 aliphatic carbocycles. The van der Waals surface area contributed by atoms with E-state index in [1.54, 1.807) is 11.8 Å². The molecule has 0 bridgehead atoms. The van der Waals surface area contributed by atoms with Crippen LogP contribution in [0.25, 0.3) is 0 Å². The van der Waals surface area contributed by atoms with Gasteiger partial charge in [0, 0.05) is 16.2 Å². The van der Waals surface area contributed by atoms with Crippen molar-refractivity contribution in [3.63, 3.8) is 0 Å². The summed E-state index contributed by atoms with van der Waals surface area (Å²) in [6, 6.07) is 6.99. The molecule has 1 fully saturated rings. The molecule has 1 aromatic rings. The molecule has 0 aromatic heterocycles. The van der Waals surface area contributed by atoms with Crippen LogP contribution in [0.15, 0.2) is 29.2 Å². The minimum absolute atomic E-state index is 0.196. The quantitative estimate of drug-likeness (QED) is 0.820. The van der Waals surface area contributed by atoms with Gasteiger partial charge in [0.15, 0.2) is 6.35 Å². The van der Waals surface area contributed by atoms with Crippen LogP contribution in [0, 0.1) is 5.82 Å². The lowest BCUT2D eigenvalue weighted by atomic mass is 9.92. The number of halogens is 1. The molecule has 0 spiro atoms. The Hall–Kier alpha value is -0.620. The molecular formula is C15H23FN2OS. The first-order valence-corrected chi connectivity index (χ1v) is 7.83. The molecular weight excluding hydrogens is 275 g/mol. The number of nitrogens with one attached hydrogen (secondary N) is 1. The standard InChI is InChI=1S/C15H23FN2OS/c1-15(2,3)19-14(17)18-12-8-9-13(12)20-11-6-4-10(16)5-7-11/h4-7,12-14,18H,8-9,17H2,1-3H3. The fraction of sp³-hybridized carbons (Fsp3) is 0.600. The Morgan fingerprint density at radius 2 is 1.95 bits per heavy atom. The molecule has 0 amide bonds. The smallest absolute Gasteiger partial charge is 0.161 e. The monoisotopic (exact) mass is 298 g/mol. The number of ether oxygens (including phenoxy) is 1. The summed E-state index contributed by atoms with van der Waals surface area (Å²) in [5.41, 5.74) is 5.70. The van der Waals surface area contributed by atoms with Crippen molar-refractivity contribution >= 4 is 11.8 Å². The van der Waals surface area contributed by atoms with Crippen molar-refractivity contribution in [2.45, 2.75) is 61.8 Å². The van der Waals surface area contributed by atoms with E-state index in [0.29, 0.717) is 11.3 Å². The molecule has 0 aliphatic heterocycles. The van der Waals surface area contributed by atoms with Crippen molar-refractivity contribution in [1.82, 2.24) is 5.32 Å². The van der Waals surface area contributed by atoms with E-state index >= 15 is 0 Å². The Balaban J connectivity index is 1.81. The topological polar surface area (TPSA) is 47.3 Å². The van der Waals surface area contributed by atoms with Crippen molar-refractivity contribution in [3.05, 3.63) is 30.1 Å². The average molecular weight is 298 g/mol. The molecule has 2 rings (SSSR count). The van der Waals surface area contributed by atoms with Gasteiger partial charge in [-0.15, -0.1) is 11.8 Å². The van der Waals surface area contributed by atoms with Gasteiger partial charge < -0.3 is 4.74 Å². The second-order valence-corrected chi connectivity index (χ2v) is 7.42. The molecule has 1 aromatic carbocycles. The molecule has 3 atom stereocenters. The summed E-state index contributed by atoms with van der Waals surface area (Å²) in [5.74, 6) is -0.196. The maximum absolute atomic E-state index is 12.9. The van der Waals surface area contributed by atoms with E-state index in [9.17, 15) is 4.39 Å². The van der Waals surface area contributed by atoms with Crippen LogP contribution in [0.2, 0.25) is 0 Å². The first-order valence-electron chi connectivity index (χ1n) is 6.95. The SMILES string of the molecule is CC(C)(C)OC(N)NC1CCC1Sc1ccc(F)cc1. The zero-order valence-corrected chi connectivity index (χ0v) is 13.0. The van der Waals surface area contributed by atoms with Crippen molar-refractivity contribution in [3.8, 4) is 0 Å². The fourth-order valence-electron chi connectivity index (χ4n) is 2.12. The van der Waals surface area contributed by atoms with Crippen LogP contribution in [0.1, 0.15) is 33.6 Å². The highest BCUT2D eigenvalue weighted by molar-refractivity contribution is 8.00. The van der Waals surface area contributed by atoms with Crippen molar-refractivity contribution < 1.29 is 9.13 Å². The minimum atomic E-state index is -0.448. The van der Waals surface area contributed by atoms with Gasteiger partial charge in [-0.1, -0.05) is 0 Å². The minimum Gasteiger partial charge on any atom is -0.345 e. The summed E-state index contributed by atoms with van der Waals surface area (Å²) in [4.78, 5) is 1.09. The molecule has 1 saturated carbocycles. The summed E-state index contributed by atoms with van der Waals surface area (Å²) < 4.78 is 18.5. The fourth-order valence-corrected chi connectivity index (χ4v) is 3.39. The maximum atomic E-state index is 12.9. The lowest BCUT2D eigenvalue weighted by Crippen LogP contribution is -2.56. The highest BCUT2D eigenvalue weighted by Crippen LogP contribution is 2.37. The lowest BCUT2D eigenvalue weighted by molar-refractivity contribution is -0.0789. The predicted molar refractivity (Wildman–Crippen MR) is 81.0 cm³/mol. The number of benzene rings is 1. The van der Waals surface area contributed by atoms with Gasteiger partial charge in [0.25, 0.3) is 0 Å². The van der Waals surface area contributed by atoms with E-state index in [4.69, 9.17) is 10.5 Å². The van der Waals surface area contributed by atoms with E-state index < -0.39 is 6.35 Å². The second-order valence-electron chi connectivity index (χ2n) is 6.11. The molecule has 0 saturated heterocycles. The van der Waals surface area contributed by atoms with Gasteiger partial charge >= 0.3 is 0 Å². The number of rotatable bonds is 5. The zero-order chi connectivity index (χ0) is 14.8. The van der Waals surface area contributed by atoms with Crippen molar-refractivity contribution in [1.29, 1.82) is 0 Å². The highest BCUT2D eigenvalue weighted by Gasteiger charge is 2.33. The molecule has 3 nitrogen and oxygen atoms in total. The third-order valence-electron chi connectivity index (χ3n) is 3.17. The predicted octanol–water partition coefficient (Wildman–Crippen LogP) is 3.10. The highest BCUT2D eigenvalue weighted by atomic mass is 32.2. The van der Waals surface area contributed by atoms with Crippen LogP contribution in [-0.2, 0) is 4.74 Å². The number of hydrogen-bond acceptors (Lipinski definition) is 4. The number of nitrogens with two attached hydrogens (primary N) is 1. The van der Waals surface area contributed by atoms with E-state index in [2.05, 4.69) is 5.32 Å². The van der Waals surface area contributed by atoms with Crippen LogP contribution >= 0.6 is 11.8 Å². The molecule has 3 N–H and O–H groups in total. The largest absolute Gasteiger partial charge is 0.345 e. The summed E-state index contributed by atoms with van der Waals surface area (Å²) in [7, 11) is 0. The van der Waals surface area contributed by atoms with Gasteiger partial charge in [-0.25, -0.2) is 4.39 Å². The second kappa shape index (κ2) is 6.43. The first kappa shape index (κ1) is 15.8. The molecule has 20 heavy (non-hydrogen) atoms. The van der Waals surface area contributed by atoms with Crippen LogP contribution < -0.4 is 11.1 Å². The third-order valence-corrected chi connectivity index (χ3v) is 4.58. The van der Waals surface area contributed by atoms with Crippen molar-refractivity contribution in [2.75, 3.05) is 0 Å². The van der Waals surface area contributed by atoms with Gasteiger partial charge in [0.2, 0.25) is 0 Å². The zero-order valence-electron chi connectivity index (χ0n) is 12.2. The first-order chi connectivity index (χ1) is 9.33. The van der Waals surface area contributed by atoms with Gasteiger partial charge in [0.05, 0.1) is 5.60 Å². The average Bonchev–Trinajstić information content (AvgIpc) is 2.32. The van der Waals surface area contributed by atoms with Crippen LogP contribution in [-0.4, -0.2) is 23.2 Å². The molecule has 1 aliphatic rings. The van der Waals surface area contributed by atoms with Crippen LogP contribution in [0.5, 0.6) is 0 Å². The molecule has 112 valence electrons. The van der Waals surface area contributed by atoms with Gasteiger partial charge in [-0.05, 0) is 57.9 Å². The lowest BCUT2D eigenvalue weighted by Gasteiger charge is -2.39. The molecule has 5 heteroatoms. The Morgan fingerprint density at radius 3 is 2.45 bits per heavy atom. The van der Waals surface area contributed by atoms with E-state index in [0.717, 1.165) is 17.7 Å². The molecule has 0 heterocycles. The number of hydrogen-bond donors (Lipinski definition) is 2. The Kier molecular flexibility index (Phi) is 5.07. The Labute approximate surface area is 124 Å². The molecule has 0 radical (unpaired) electrons. The van der Waals surface area contributed by atoms with E-state index in [-0.39, 0.29) is 11.4 Å².